The van der Waals surface area contributed by atoms with Gasteiger partial charge in [0.05, 0.1) is 0 Å². The summed E-state index contributed by atoms with van der Waals surface area (Å²) in [5.41, 5.74) is 0.226. The minimum absolute atomic E-state index is 0.226. The molecule has 2 saturated heterocycles. The highest BCUT2D eigenvalue weighted by molar-refractivity contribution is 4.91. The summed E-state index contributed by atoms with van der Waals surface area (Å²) in [5.74, 6) is 0. The SMILES string of the molecule is CC(CNC(C)(C)C)N1CC2CCCCN2CC1C. The summed E-state index contributed by atoms with van der Waals surface area (Å²) in [4.78, 5) is 5.46. The van der Waals surface area contributed by atoms with Crippen molar-refractivity contribution in [3.05, 3.63) is 0 Å². The number of fused-ring (bicyclic) bond motifs is 1. The molecule has 2 heterocycles. The van der Waals surface area contributed by atoms with Crippen LogP contribution in [0.5, 0.6) is 0 Å². The van der Waals surface area contributed by atoms with Gasteiger partial charge in [-0.25, -0.2) is 0 Å². The van der Waals surface area contributed by atoms with Crippen molar-refractivity contribution in [1.29, 1.82) is 0 Å². The second-order valence-corrected chi connectivity index (χ2v) is 7.67. The number of rotatable bonds is 3. The molecule has 0 radical (unpaired) electrons. The standard InChI is InChI=1S/C16H33N3/c1-13(10-17-16(3,4)5)19-12-15-8-6-7-9-18(15)11-14(19)2/h13-15,17H,6-12H2,1-5H3. The summed E-state index contributed by atoms with van der Waals surface area (Å²) in [7, 11) is 0. The molecule has 0 aromatic rings. The van der Waals surface area contributed by atoms with E-state index in [-0.39, 0.29) is 5.54 Å². The van der Waals surface area contributed by atoms with Crippen LogP contribution in [0.1, 0.15) is 53.9 Å². The van der Waals surface area contributed by atoms with E-state index in [9.17, 15) is 0 Å². The number of hydrogen-bond acceptors (Lipinski definition) is 3. The summed E-state index contributed by atoms with van der Waals surface area (Å²) in [5, 5.41) is 3.66. The van der Waals surface area contributed by atoms with Crippen LogP contribution in [0, 0.1) is 0 Å². The van der Waals surface area contributed by atoms with Gasteiger partial charge in [-0.1, -0.05) is 6.42 Å². The Bertz CT molecular complexity index is 284. The highest BCUT2D eigenvalue weighted by atomic mass is 15.3. The topological polar surface area (TPSA) is 18.5 Å². The molecular formula is C16H33N3. The van der Waals surface area contributed by atoms with Crippen LogP contribution in [0.25, 0.3) is 0 Å². The molecule has 2 rings (SSSR count). The molecule has 112 valence electrons. The monoisotopic (exact) mass is 267 g/mol. The van der Waals surface area contributed by atoms with Crippen molar-refractivity contribution >= 4 is 0 Å². The molecule has 3 nitrogen and oxygen atoms in total. The number of nitrogens with zero attached hydrogens (tertiary/aromatic N) is 2. The van der Waals surface area contributed by atoms with Gasteiger partial charge in [-0.2, -0.15) is 0 Å². The Morgan fingerprint density at radius 2 is 1.95 bits per heavy atom. The molecule has 0 spiro atoms. The average molecular weight is 267 g/mol. The maximum atomic E-state index is 3.66. The second-order valence-electron chi connectivity index (χ2n) is 7.67. The van der Waals surface area contributed by atoms with Gasteiger partial charge in [-0.3, -0.25) is 9.80 Å². The fourth-order valence-corrected chi connectivity index (χ4v) is 3.56. The van der Waals surface area contributed by atoms with Gasteiger partial charge in [0.25, 0.3) is 0 Å². The quantitative estimate of drug-likeness (QED) is 0.846. The first-order valence-electron chi connectivity index (χ1n) is 8.11. The highest BCUT2D eigenvalue weighted by Gasteiger charge is 2.34. The van der Waals surface area contributed by atoms with Crippen molar-refractivity contribution in [2.24, 2.45) is 0 Å². The van der Waals surface area contributed by atoms with E-state index in [0.717, 1.165) is 12.6 Å². The van der Waals surface area contributed by atoms with Crippen molar-refractivity contribution in [2.75, 3.05) is 26.2 Å². The van der Waals surface area contributed by atoms with Crippen molar-refractivity contribution in [1.82, 2.24) is 15.1 Å². The zero-order chi connectivity index (χ0) is 14.0. The first kappa shape index (κ1) is 15.3. The number of piperidine rings is 1. The Morgan fingerprint density at radius 3 is 2.63 bits per heavy atom. The van der Waals surface area contributed by atoms with Gasteiger partial charge < -0.3 is 5.32 Å². The maximum absolute atomic E-state index is 3.66. The van der Waals surface area contributed by atoms with Crippen LogP contribution in [-0.2, 0) is 0 Å². The molecule has 1 N–H and O–H groups in total. The summed E-state index contributed by atoms with van der Waals surface area (Å²) in [6.07, 6.45) is 4.24. The van der Waals surface area contributed by atoms with Crippen molar-refractivity contribution < 1.29 is 0 Å². The predicted octanol–water partition coefficient (Wildman–Crippen LogP) is 2.32. The third-order valence-electron chi connectivity index (χ3n) is 4.73. The van der Waals surface area contributed by atoms with Crippen LogP contribution >= 0.6 is 0 Å². The van der Waals surface area contributed by atoms with Crippen LogP contribution in [0.3, 0.4) is 0 Å². The Kier molecular flexibility index (Phi) is 4.91. The molecule has 0 saturated carbocycles. The summed E-state index contributed by atoms with van der Waals surface area (Å²) < 4.78 is 0. The average Bonchev–Trinajstić information content (AvgIpc) is 2.34. The smallest absolute Gasteiger partial charge is 0.0224 e. The van der Waals surface area contributed by atoms with Crippen LogP contribution in [-0.4, -0.2) is 59.6 Å². The van der Waals surface area contributed by atoms with Crippen molar-refractivity contribution in [3.8, 4) is 0 Å². The first-order chi connectivity index (χ1) is 8.87. The van der Waals surface area contributed by atoms with Gasteiger partial charge in [-0.05, 0) is 54.0 Å². The van der Waals surface area contributed by atoms with Crippen molar-refractivity contribution in [3.63, 3.8) is 0 Å². The first-order valence-corrected chi connectivity index (χ1v) is 8.11. The zero-order valence-electron chi connectivity index (χ0n) is 13.6. The van der Waals surface area contributed by atoms with Gasteiger partial charge >= 0.3 is 0 Å². The molecule has 3 heteroatoms. The van der Waals surface area contributed by atoms with E-state index in [2.05, 4.69) is 49.7 Å². The summed E-state index contributed by atoms with van der Waals surface area (Å²) in [6.45, 7) is 16.5. The predicted molar refractivity (Wildman–Crippen MR) is 82.6 cm³/mol. The van der Waals surface area contributed by atoms with Crippen LogP contribution in [0.2, 0.25) is 0 Å². The maximum Gasteiger partial charge on any atom is 0.0224 e. The van der Waals surface area contributed by atoms with Crippen LogP contribution in [0.15, 0.2) is 0 Å². The van der Waals surface area contributed by atoms with Gasteiger partial charge in [0.2, 0.25) is 0 Å². The lowest BCUT2D eigenvalue weighted by Gasteiger charge is -2.49. The van der Waals surface area contributed by atoms with Crippen molar-refractivity contribution in [2.45, 2.75) is 77.5 Å². The molecule has 3 atom stereocenters. The Morgan fingerprint density at radius 1 is 1.21 bits per heavy atom. The van der Waals surface area contributed by atoms with Gasteiger partial charge in [0.15, 0.2) is 0 Å². The summed E-state index contributed by atoms with van der Waals surface area (Å²) in [6, 6.07) is 2.16. The van der Waals surface area contributed by atoms with E-state index in [1.165, 1.54) is 38.9 Å². The Hall–Kier alpha value is -0.120. The molecule has 2 fully saturated rings. The molecule has 3 unspecified atom stereocenters. The minimum Gasteiger partial charge on any atom is -0.311 e. The Balaban J connectivity index is 1.88. The van der Waals surface area contributed by atoms with E-state index in [4.69, 9.17) is 0 Å². The molecular weight excluding hydrogens is 234 g/mol. The second kappa shape index (κ2) is 6.11. The fourth-order valence-electron chi connectivity index (χ4n) is 3.56. The molecule has 0 aliphatic carbocycles. The van der Waals surface area contributed by atoms with Gasteiger partial charge in [0.1, 0.15) is 0 Å². The number of piperazine rings is 1. The molecule has 2 aliphatic rings. The van der Waals surface area contributed by atoms with E-state index in [0.29, 0.717) is 12.1 Å². The third kappa shape index (κ3) is 4.17. The lowest BCUT2D eigenvalue weighted by molar-refractivity contribution is -0.00472. The molecule has 19 heavy (non-hydrogen) atoms. The zero-order valence-corrected chi connectivity index (χ0v) is 13.6. The largest absolute Gasteiger partial charge is 0.311 e. The lowest BCUT2D eigenvalue weighted by atomic mass is 9.96. The van der Waals surface area contributed by atoms with E-state index in [1.807, 2.05) is 0 Å². The van der Waals surface area contributed by atoms with E-state index >= 15 is 0 Å². The number of nitrogens with one attached hydrogen (secondary N) is 1. The third-order valence-corrected chi connectivity index (χ3v) is 4.73. The lowest BCUT2D eigenvalue weighted by Crippen LogP contribution is -2.62. The summed E-state index contributed by atoms with van der Waals surface area (Å²) >= 11 is 0. The molecule has 0 amide bonds. The minimum atomic E-state index is 0.226. The normalized spacial score (nSPS) is 32.1. The molecule has 0 aromatic heterocycles. The molecule has 2 aliphatic heterocycles. The highest BCUT2D eigenvalue weighted by Crippen LogP contribution is 2.25. The van der Waals surface area contributed by atoms with E-state index < -0.39 is 0 Å². The Labute approximate surface area is 119 Å². The van der Waals surface area contributed by atoms with E-state index in [1.54, 1.807) is 0 Å². The van der Waals surface area contributed by atoms with Crippen LogP contribution < -0.4 is 5.32 Å². The number of hydrogen-bond donors (Lipinski definition) is 1. The fraction of sp³-hybridized carbons (Fsp3) is 1.00. The van der Waals surface area contributed by atoms with Gasteiger partial charge in [-0.15, -0.1) is 0 Å². The van der Waals surface area contributed by atoms with Gasteiger partial charge in [0, 0.05) is 43.3 Å². The van der Waals surface area contributed by atoms with Crippen LogP contribution in [0.4, 0.5) is 0 Å². The molecule has 0 aromatic carbocycles. The molecule has 0 bridgehead atoms.